The quantitative estimate of drug-likeness (QED) is 0.448. The first-order valence-corrected chi connectivity index (χ1v) is 10.9. The molecule has 0 saturated carbocycles. The van der Waals surface area contributed by atoms with Crippen LogP contribution in [0.2, 0.25) is 0 Å². The molecule has 2 aliphatic heterocycles. The van der Waals surface area contributed by atoms with Crippen LogP contribution in [0.15, 0.2) is 29.3 Å². The smallest absolute Gasteiger partial charge is 0.236 e. The maximum Gasteiger partial charge on any atom is 0.236 e. The molecular formula is C22H34FN5O. The summed E-state index contributed by atoms with van der Waals surface area (Å²) in [5.74, 6) is 1.01. The van der Waals surface area contributed by atoms with E-state index in [4.69, 9.17) is 0 Å². The van der Waals surface area contributed by atoms with E-state index in [1.54, 1.807) is 19.2 Å². The van der Waals surface area contributed by atoms with Crippen LogP contribution in [-0.2, 0) is 11.2 Å². The van der Waals surface area contributed by atoms with Crippen LogP contribution in [0, 0.1) is 5.82 Å². The van der Waals surface area contributed by atoms with Gasteiger partial charge in [0.2, 0.25) is 5.91 Å². The SMILES string of the molecule is CN=C(NCCCc1cccc(F)c1)N1CCN(CC(=O)N2CCCCC2)CC1. The average Bonchev–Trinajstić information content (AvgIpc) is 2.75. The number of nitrogens with one attached hydrogen (secondary N) is 1. The summed E-state index contributed by atoms with van der Waals surface area (Å²) in [6.07, 6.45) is 5.29. The third kappa shape index (κ3) is 6.70. The lowest BCUT2D eigenvalue weighted by Crippen LogP contribution is -2.54. The van der Waals surface area contributed by atoms with E-state index in [-0.39, 0.29) is 11.7 Å². The van der Waals surface area contributed by atoms with E-state index in [0.717, 1.165) is 83.0 Å². The Morgan fingerprint density at radius 3 is 2.52 bits per heavy atom. The van der Waals surface area contributed by atoms with Crippen LogP contribution in [0.5, 0.6) is 0 Å². The number of amides is 1. The van der Waals surface area contributed by atoms with Gasteiger partial charge in [0.15, 0.2) is 5.96 Å². The number of aliphatic imine (C=N–C) groups is 1. The van der Waals surface area contributed by atoms with Crippen molar-refractivity contribution in [2.45, 2.75) is 32.1 Å². The van der Waals surface area contributed by atoms with Crippen molar-refractivity contribution in [2.75, 3.05) is 59.4 Å². The number of nitrogens with zero attached hydrogens (tertiary/aromatic N) is 4. The van der Waals surface area contributed by atoms with Gasteiger partial charge >= 0.3 is 0 Å². The molecule has 0 atom stereocenters. The van der Waals surface area contributed by atoms with Gasteiger partial charge in [0.25, 0.3) is 0 Å². The van der Waals surface area contributed by atoms with Gasteiger partial charge in [-0.3, -0.25) is 14.7 Å². The van der Waals surface area contributed by atoms with Crippen molar-refractivity contribution in [3.05, 3.63) is 35.6 Å². The van der Waals surface area contributed by atoms with Crippen LogP contribution in [0.1, 0.15) is 31.2 Å². The summed E-state index contributed by atoms with van der Waals surface area (Å²) in [5.41, 5.74) is 1.02. The highest BCUT2D eigenvalue weighted by molar-refractivity contribution is 5.80. The molecular weight excluding hydrogens is 369 g/mol. The molecule has 1 N–H and O–H groups in total. The monoisotopic (exact) mass is 403 g/mol. The van der Waals surface area contributed by atoms with Crippen LogP contribution in [0.3, 0.4) is 0 Å². The number of hydrogen-bond acceptors (Lipinski definition) is 3. The van der Waals surface area contributed by atoms with Crippen molar-refractivity contribution in [1.29, 1.82) is 0 Å². The molecule has 2 aliphatic rings. The van der Waals surface area contributed by atoms with Gasteiger partial charge < -0.3 is 15.1 Å². The molecule has 1 amide bonds. The Balaban J connectivity index is 1.35. The molecule has 0 aliphatic carbocycles. The zero-order chi connectivity index (χ0) is 20.5. The lowest BCUT2D eigenvalue weighted by atomic mass is 10.1. The Hall–Kier alpha value is -2.15. The average molecular weight is 404 g/mol. The third-order valence-corrected chi connectivity index (χ3v) is 5.77. The fourth-order valence-corrected chi connectivity index (χ4v) is 4.07. The second-order valence-corrected chi connectivity index (χ2v) is 7.91. The molecule has 0 unspecified atom stereocenters. The van der Waals surface area contributed by atoms with Crippen LogP contribution < -0.4 is 5.32 Å². The molecule has 2 heterocycles. The van der Waals surface area contributed by atoms with Gasteiger partial charge in [0.1, 0.15) is 5.82 Å². The molecule has 6 nitrogen and oxygen atoms in total. The molecule has 0 aromatic heterocycles. The summed E-state index contributed by atoms with van der Waals surface area (Å²) >= 11 is 0. The van der Waals surface area contributed by atoms with Gasteiger partial charge in [-0.2, -0.15) is 0 Å². The van der Waals surface area contributed by atoms with Gasteiger partial charge in [-0.05, 0) is 49.8 Å². The molecule has 1 aromatic carbocycles. The fraction of sp³-hybridized carbons (Fsp3) is 0.636. The Bertz CT molecular complexity index is 682. The van der Waals surface area contributed by atoms with E-state index in [9.17, 15) is 9.18 Å². The lowest BCUT2D eigenvalue weighted by Gasteiger charge is -2.37. The largest absolute Gasteiger partial charge is 0.356 e. The van der Waals surface area contributed by atoms with Crippen molar-refractivity contribution in [3.8, 4) is 0 Å². The predicted octanol–water partition coefficient (Wildman–Crippen LogP) is 1.96. The van der Waals surface area contributed by atoms with Crippen molar-refractivity contribution in [2.24, 2.45) is 4.99 Å². The zero-order valence-electron chi connectivity index (χ0n) is 17.6. The summed E-state index contributed by atoms with van der Waals surface area (Å²) in [6, 6.07) is 6.79. The van der Waals surface area contributed by atoms with Crippen LogP contribution in [-0.4, -0.2) is 86.0 Å². The van der Waals surface area contributed by atoms with Gasteiger partial charge in [0.05, 0.1) is 6.54 Å². The highest BCUT2D eigenvalue weighted by Crippen LogP contribution is 2.10. The summed E-state index contributed by atoms with van der Waals surface area (Å²) in [4.78, 5) is 23.4. The number of likely N-dealkylation sites (tertiary alicyclic amines) is 1. The number of rotatable bonds is 6. The summed E-state index contributed by atoms with van der Waals surface area (Å²) in [7, 11) is 1.81. The zero-order valence-corrected chi connectivity index (χ0v) is 17.6. The van der Waals surface area contributed by atoms with Crippen molar-refractivity contribution in [1.82, 2.24) is 20.0 Å². The molecule has 160 valence electrons. The summed E-state index contributed by atoms with van der Waals surface area (Å²) in [5, 5.41) is 3.42. The number of guanidine groups is 1. The van der Waals surface area contributed by atoms with Crippen molar-refractivity contribution in [3.63, 3.8) is 0 Å². The molecule has 0 radical (unpaired) electrons. The molecule has 29 heavy (non-hydrogen) atoms. The Labute approximate surface area is 173 Å². The summed E-state index contributed by atoms with van der Waals surface area (Å²) < 4.78 is 13.2. The summed E-state index contributed by atoms with van der Waals surface area (Å²) in [6.45, 7) is 6.68. The Morgan fingerprint density at radius 2 is 1.83 bits per heavy atom. The molecule has 3 rings (SSSR count). The number of carbonyl (C=O) groups is 1. The number of halogens is 1. The number of piperidine rings is 1. The maximum absolute atomic E-state index is 13.2. The van der Waals surface area contributed by atoms with Gasteiger partial charge in [-0.15, -0.1) is 0 Å². The molecule has 0 spiro atoms. The first kappa shape index (κ1) is 21.6. The second-order valence-electron chi connectivity index (χ2n) is 7.91. The first-order valence-electron chi connectivity index (χ1n) is 10.9. The molecule has 0 bridgehead atoms. The van der Waals surface area contributed by atoms with E-state index in [1.165, 1.54) is 12.5 Å². The van der Waals surface area contributed by atoms with Crippen LogP contribution >= 0.6 is 0 Å². The van der Waals surface area contributed by atoms with E-state index < -0.39 is 0 Å². The van der Waals surface area contributed by atoms with Gasteiger partial charge in [0, 0.05) is 52.9 Å². The van der Waals surface area contributed by atoms with E-state index in [1.807, 2.05) is 11.0 Å². The molecule has 7 heteroatoms. The molecule has 2 fully saturated rings. The number of benzene rings is 1. The number of hydrogen-bond donors (Lipinski definition) is 1. The predicted molar refractivity (Wildman–Crippen MR) is 115 cm³/mol. The van der Waals surface area contributed by atoms with Gasteiger partial charge in [-0.25, -0.2) is 4.39 Å². The van der Waals surface area contributed by atoms with Crippen LogP contribution in [0.4, 0.5) is 4.39 Å². The lowest BCUT2D eigenvalue weighted by molar-refractivity contribution is -0.133. The van der Waals surface area contributed by atoms with Gasteiger partial charge in [-0.1, -0.05) is 12.1 Å². The third-order valence-electron chi connectivity index (χ3n) is 5.77. The number of aryl methyl sites for hydroxylation is 1. The Morgan fingerprint density at radius 1 is 1.07 bits per heavy atom. The maximum atomic E-state index is 13.2. The topological polar surface area (TPSA) is 51.2 Å². The molecule has 2 saturated heterocycles. The fourth-order valence-electron chi connectivity index (χ4n) is 4.07. The highest BCUT2D eigenvalue weighted by Gasteiger charge is 2.23. The van der Waals surface area contributed by atoms with E-state index >= 15 is 0 Å². The highest BCUT2D eigenvalue weighted by atomic mass is 19.1. The minimum Gasteiger partial charge on any atom is -0.356 e. The normalized spacial score (nSPS) is 18.8. The first-order chi connectivity index (χ1) is 14.2. The Kier molecular flexibility index (Phi) is 8.28. The van der Waals surface area contributed by atoms with Crippen molar-refractivity contribution < 1.29 is 9.18 Å². The number of carbonyl (C=O) groups excluding carboxylic acids is 1. The second kappa shape index (κ2) is 11.1. The minimum absolute atomic E-state index is 0.178. The van der Waals surface area contributed by atoms with Crippen LogP contribution in [0.25, 0.3) is 0 Å². The van der Waals surface area contributed by atoms with Crippen molar-refractivity contribution >= 4 is 11.9 Å². The molecule has 1 aromatic rings. The number of piperazine rings is 1. The van der Waals surface area contributed by atoms with E-state index in [0.29, 0.717) is 6.54 Å². The minimum atomic E-state index is -0.178. The van der Waals surface area contributed by atoms with E-state index in [2.05, 4.69) is 20.1 Å². The standard InChI is InChI=1S/C22H34FN5O/c1-24-22(25-10-6-8-19-7-5-9-20(23)17-19)28-15-13-26(14-16-28)18-21(29)27-11-3-2-4-12-27/h5,7,9,17H,2-4,6,8,10-16,18H2,1H3,(H,24,25).